The number of carbonyl (C=O) groups excluding carboxylic acids is 3. The predicted molar refractivity (Wildman–Crippen MR) is 100 cm³/mol. The Hall–Kier alpha value is -3.22. The summed E-state index contributed by atoms with van der Waals surface area (Å²) in [7, 11) is 1.54. The Morgan fingerprint density at radius 2 is 1.71 bits per heavy atom. The van der Waals surface area contributed by atoms with Crippen LogP contribution in [0.5, 0.6) is 5.75 Å². The van der Waals surface area contributed by atoms with Crippen LogP contribution in [0.3, 0.4) is 0 Å². The highest BCUT2D eigenvalue weighted by Gasteiger charge is 2.16. The van der Waals surface area contributed by atoms with Crippen molar-refractivity contribution >= 4 is 17.7 Å². The first kappa shape index (κ1) is 21.1. The zero-order valence-corrected chi connectivity index (χ0v) is 15.7. The number of methoxy groups -OCH3 is 1. The second kappa shape index (κ2) is 10.2. The molecular formula is C21H22FNO5. The lowest BCUT2D eigenvalue weighted by Crippen LogP contribution is -2.31. The predicted octanol–water partition coefficient (Wildman–Crippen LogP) is 3.22. The molecule has 7 heteroatoms. The molecule has 6 nitrogen and oxygen atoms in total. The molecule has 148 valence electrons. The summed E-state index contributed by atoms with van der Waals surface area (Å²) in [6.45, 7) is 1.35. The zero-order valence-electron chi connectivity index (χ0n) is 15.7. The number of rotatable bonds is 9. The maximum absolute atomic E-state index is 12.9. The molecule has 1 amide bonds. The third-order valence-corrected chi connectivity index (χ3v) is 4.07. The van der Waals surface area contributed by atoms with Crippen LogP contribution in [0.15, 0.2) is 48.5 Å². The van der Waals surface area contributed by atoms with Gasteiger partial charge in [0, 0.05) is 17.5 Å². The quantitative estimate of drug-likeness (QED) is 0.528. The number of amides is 1. The number of ether oxygens (including phenoxy) is 2. The summed E-state index contributed by atoms with van der Waals surface area (Å²) in [4.78, 5) is 35.7. The fourth-order valence-corrected chi connectivity index (χ4v) is 2.60. The monoisotopic (exact) mass is 387 g/mol. The molecule has 0 saturated heterocycles. The number of hydrogen-bond acceptors (Lipinski definition) is 5. The zero-order chi connectivity index (χ0) is 20.5. The van der Waals surface area contributed by atoms with E-state index >= 15 is 0 Å². The molecule has 1 atom stereocenters. The van der Waals surface area contributed by atoms with E-state index in [0.29, 0.717) is 11.3 Å². The van der Waals surface area contributed by atoms with Gasteiger partial charge in [-0.2, -0.15) is 0 Å². The Bertz CT molecular complexity index is 835. The molecule has 2 aromatic carbocycles. The van der Waals surface area contributed by atoms with Crippen molar-refractivity contribution in [2.75, 3.05) is 13.7 Å². The smallest absolute Gasteiger partial charge is 0.306 e. The number of Topliss-reactive ketones (excluding diaryl/α,β-unsaturated/α-hetero) is 1. The van der Waals surface area contributed by atoms with Crippen LogP contribution in [0.25, 0.3) is 0 Å². The molecule has 1 N–H and O–H groups in total. The minimum Gasteiger partial charge on any atom is -0.496 e. The third kappa shape index (κ3) is 6.19. The van der Waals surface area contributed by atoms with Crippen molar-refractivity contribution in [3.05, 3.63) is 65.5 Å². The van der Waals surface area contributed by atoms with Crippen LogP contribution in [0.1, 0.15) is 41.7 Å². The van der Waals surface area contributed by atoms with Gasteiger partial charge >= 0.3 is 5.97 Å². The molecule has 0 aliphatic rings. The topological polar surface area (TPSA) is 81.7 Å². The van der Waals surface area contributed by atoms with Crippen LogP contribution in [-0.4, -0.2) is 31.4 Å². The largest absolute Gasteiger partial charge is 0.496 e. The Morgan fingerprint density at radius 1 is 1.04 bits per heavy atom. The van der Waals surface area contributed by atoms with Crippen molar-refractivity contribution in [2.24, 2.45) is 0 Å². The van der Waals surface area contributed by atoms with Gasteiger partial charge < -0.3 is 14.8 Å². The lowest BCUT2D eigenvalue weighted by atomic mass is 10.1. The maximum Gasteiger partial charge on any atom is 0.306 e. The highest BCUT2D eigenvalue weighted by Crippen LogP contribution is 2.24. The van der Waals surface area contributed by atoms with E-state index in [0.717, 1.165) is 5.56 Å². The van der Waals surface area contributed by atoms with Gasteiger partial charge in [0.25, 0.3) is 5.91 Å². The Balaban J connectivity index is 1.75. The van der Waals surface area contributed by atoms with Gasteiger partial charge in [-0.15, -0.1) is 0 Å². The van der Waals surface area contributed by atoms with Crippen molar-refractivity contribution in [3.63, 3.8) is 0 Å². The number of carbonyl (C=O) groups is 3. The molecular weight excluding hydrogens is 365 g/mol. The van der Waals surface area contributed by atoms with E-state index in [1.54, 1.807) is 20.1 Å². The molecule has 0 spiro atoms. The molecule has 0 saturated carbocycles. The minimum atomic E-state index is -0.657. The van der Waals surface area contributed by atoms with Gasteiger partial charge in [0.15, 0.2) is 12.4 Å². The Kier molecular flexibility index (Phi) is 7.68. The van der Waals surface area contributed by atoms with Crippen molar-refractivity contribution in [2.45, 2.75) is 25.8 Å². The number of hydrogen-bond donors (Lipinski definition) is 1. The molecule has 0 fully saturated rings. The van der Waals surface area contributed by atoms with E-state index in [1.165, 1.54) is 24.3 Å². The van der Waals surface area contributed by atoms with Crippen molar-refractivity contribution in [1.29, 1.82) is 0 Å². The van der Waals surface area contributed by atoms with Crippen LogP contribution < -0.4 is 10.1 Å². The molecule has 2 rings (SSSR count). The van der Waals surface area contributed by atoms with E-state index in [9.17, 15) is 18.8 Å². The molecule has 0 bridgehead atoms. The molecule has 0 aromatic heterocycles. The third-order valence-electron chi connectivity index (χ3n) is 4.07. The van der Waals surface area contributed by atoms with E-state index in [4.69, 9.17) is 9.47 Å². The van der Waals surface area contributed by atoms with Crippen LogP contribution in [0.4, 0.5) is 4.39 Å². The molecule has 0 aliphatic carbocycles. The standard InChI is InChI=1S/C21H22FNO5/c1-14(17-5-3-4-6-19(17)27-2)23-20(25)13-28-21(26)12-11-18(24)15-7-9-16(22)10-8-15/h3-10,14H,11-13H2,1-2H3,(H,23,25). The number of para-hydroxylation sites is 1. The van der Waals surface area contributed by atoms with Crippen molar-refractivity contribution in [1.82, 2.24) is 5.32 Å². The maximum atomic E-state index is 12.9. The van der Waals surface area contributed by atoms with Gasteiger partial charge in [0.1, 0.15) is 11.6 Å². The molecule has 1 unspecified atom stereocenters. The normalized spacial score (nSPS) is 11.4. The van der Waals surface area contributed by atoms with Crippen molar-refractivity contribution in [3.8, 4) is 5.75 Å². The second-order valence-corrected chi connectivity index (χ2v) is 6.12. The molecule has 28 heavy (non-hydrogen) atoms. The van der Waals surface area contributed by atoms with Crippen LogP contribution in [0, 0.1) is 5.82 Å². The van der Waals surface area contributed by atoms with E-state index in [-0.39, 0.29) is 24.7 Å². The minimum absolute atomic E-state index is 0.0797. The van der Waals surface area contributed by atoms with Crippen LogP contribution in [-0.2, 0) is 14.3 Å². The lowest BCUT2D eigenvalue weighted by Gasteiger charge is -2.17. The summed E-state index contributed by atoms with van der Waals surface area (Å²) in [5.74, 6) is -1.21. The van der Waals surface area contributed by atoms with Gasteiger partial charge in [0.2, 0.25) is 0 Å². The summed E-state index contributed by atoms with van der Waals surface area (Å²) in [5, 5.41) is 2.72. The number of nitrogens with one attached hydrogen (secondary N) is 1. The SMILES string of the molecule is COc1ccccc1C(C)NC(=O)COC(=O)CCC(=O)c1ccc(F)cc1. The van der Waals surface area contributed by atoms with E-state index in [2.05, 4.69) is 5.32 Å². The fraction of sp³-hybridized carbons (Fsp3) is 0.286. The van der Waals surface area contributed by atoms with Crippen LogP contribution in [0.2, 0.25) is 0 Å². The number of ketones is 1. The molecule has 2 aromatic rings. The average Bonchev–Trinajstić information content (AvgIpc) is 2.70. The number of benzene rings is 2. The summed E-state index contributed by atoms with van der Waals surface area (Å²) >= 11 is 0. The summed E-state index contributed by atoms with van der Waals surface area (Å²) in [5.41, 5.74) is 1.12. The fourth-order valence-electron chi connectivity index (χ4n) is 2.60. The van der Waals surface area contributed by atoms with Crippen LogP contribution >= 0.6 is 0 Å². The number of esters is 1. The van der Waals surface area contributed by atoms with E-state index in [1.807, 2.05) is 18.2 Å². The molecule has 0 radical (unpaired) electrons. The molecule has 0 heterocycles. The first-order valence-corrected chi connectivity index (χ1v) is 8.77. The highest BCUT2D eigenvalue weighted by molar-refractivity contribution is 5.97. The van der Waals surface area contributed by atoms with Gasteiger partial charge in [-0.05, 0) is 37.3 Å². The first-order chi connectivity index (χ1) is 13.4. The highest BCUT2D eigenvalue weighted by atomic mass is 19.1. The van der Waals surface area contributed by atoms with E-state index < -0.39 is 24.3 Å². The summed E-state index contributed by atoms with van der Waals surface area (Å²) < 4.78 is 23.0. The van der Waals surface area contributed by atoms with Gasteiger partial charge in [-0.3, -0.25) is 14.4 Å². The van der Waals surface area contributed by atoms with Gasteiger partial charge in [0.05, 0.1) is 19.6 Å². The first-order valence-electron chi connectivity index (χ1n) is 8.77. The molecule has 0 aliphatic heterocycles. The lowest BCUT2D eigenvalue weighted by molar-refractivity contribution is -0.148. The van der Waals surface area contributed by atoms with Gasteiger partial charge in [-0.25, -0.2) is 4.39 Å². The summed E-state index contributed by atoms with van der Waals surface area (Å²) in [6, 6.07) is 12.0. The Labute approximate surface area is 162 Å². The Morgan fingerprint density at radius 3 is 2.39 bits per heavy atom. The summed E-state index contributed by atoms with van der Waals surface area (Å²) in [6.07, 6.45) is -0.241. The second-order valence-electron chi connectivity index (χ2n) is 6.12. The van der Waals surface area contributed by atoms with Gasteiger partial charge in [-0.1, -0.05) is 18.2 Å². The average molecular weight is 387 g/mol. The number of halogens is 1. The van der Waals surface area contributed by atoms with Crippen molar-refractivity contribution < 1.29 is 28.2 Å².